The fraction of sp³-hybridized carbons (Fsp3) is 0.579. The molecule has 1 unspecified atom stereocenters. The molecule has 0 aromatic heterocycles. The molecule has 0 aliphatic heterocycles. The Morgan fingerprint density at radius 1 is 1.15 bits per heavy atom. The molecule has 1 aromatic carbocycles. The fourth-order valence-corrected chi connectivity index (χ4v) is 3.22. The van der Waals surface area contributed by atoms with Crippen LogP contribution in [0.3, 0.4) is 0 Å². The number of anilines is 1. The van der Waals surface area contributed by atoms with Gasteiger partial charge in [-0.1, -0.05) is 40.5 Å². The third-order valence-corrected chi connectivity index (χ3v) is 4.91. The minimum atomic E-state index is -0.849. The molecule has 0 radical (unpaired) electrons. The van der Waals surface area contributed by atoms with E-state index in [1.807, 2.05) is 13.8 Å². The molecular weight excluding hydrogens is 360 g/mol. The maximum Gasteiger partial charge on any atom is 0.319 e. The summed E-state index contributed by atoms with van der Waals surface area (Å²) in [7, 11) is 0. The van der Waals surface area contributed by atoms with Gasteiger partial charge in [0.2, 0.25) is 5.91 Å². The standard InChI is InChI=1S/C19H27F2NO3S/c1-5-7-9-25-19(24)16(8-6-2)26-17-11-15(13(20)10-14(17)21)22-18(23)12(3)4/h10-12,16H,5-9H2,1-4H3,(H,22,23). The summed E-state index contributed by atoms with van der Waals surface area (Å²) in [5, 5.41) is 1.87. The van der Waals surface area contributed by atoms with Crippen molar-refractivity contribution in [3.8, 4) is 0 Å². The number of thioether (sulfide) groups is 1. The molecule has 7 heteroatoms. The molecule has 0 aliphatic rings. The van der Waals surface area contributed by atoms with Crippen molar-refractivity contribution in [3.05, 3.63) is 23.8 Å². The van der Waals surface area contributed by atoms with Crippen LogP contribution in [-0.4, -0.2) is 23.7 Å². The summed E-state index contributed by atoms with van der Waals surface area (Å²) in [6, 6.07) is 1.96. The van der Waals surface area contributed by atoms with Crippen molar-refractivity contribution in [2.45, 2.75) is 63.5 Å². The summed E-state index contributed by atoms with van der Waals surface area (Å²) in [6.45, 7) is 7.60. The number of carbonyl (C=O) groups excluding carboxylic acids is 2. The monoisotopic (exact) mass is 387 g/mol. The number of carbonyl (C=O) groups is 2. The third-order valence-electron chi connectivity index (χ3n) is 3.63. The highest BCUT2D eigenvalue weighted by atomic mass is 32.2. The maximum atomic E-state index is 14.2. The molecule has 0 bridgehead atoms. The lowest BCUT2D eigenvalue weighted by Crippen LogP contribution is -2.21. The summed E-state index contributed by atoms with van der Waals surface area (Å²) < 4.78 is 33.4. The van der Waals surface area contributed by atoms with Gasteiger partial charge in [-0.3, -0.25) is 9.59 Å². The first-order valence-corrected chi connectivity index (χ1v) is 9.81. The van der Waals surface area contributed by atoms with Gasteiger partial charge < -0.3 is 10.1 Å². The highest BCUT2D eigenvalue weighted by Crippen LogP contribution is 2.33. The molecule has 1 amide bonds. The molecule has 0 spiro atoms. The molecule has 26 heavy (non-hydrogen) atoms. The van der Waals surface area contributed by atoms with E-state index >= 15 is 0 Å². The second-order valence-corrected chi connectivity index (χ2v) is 7.57. The van der Waals surface area contributed by atoms with Crippen LogP contribution in [0.15, 0.2) is 17.0 Å². The predicted molar refractivity (Wildman–Crippen MR) is 100 cm³/mol. The van der Waals surface area contributed by atoms with E-state index in [9.17, 15) is 18.4 Å². The van der Waals surface area contributed by atoms with Gasteiger partial charge in [-0.05, 0) is 18.9 Å². The zero-order valence-electron chi connectivity index (χ0n) is 15.7. The van der Waals surface area contributed by atoms with Gasteiger partial charge >= 0.3 is 5.97 Å². The van der Waals surface area contributed by atoms with Crippen molar-refractivity contribution in [3.63, 3.8) is 0 Å². The topological polar surface area (TPSA) is 55.4 Å². The van der Waals surface area contributed by atoms with Gasteiger partial charge in [0.25, 0.3) is 0 Å². The Balaban J connectivity index is 2.96. The Hall–Kier alpha value is -1.63. The second-order valence-electron chi connectivity index (χ2n) is 6.32. The number of esters is 1. The normalized spacial score (nSPS) is 12.1. The zero-order chi connectivity index (χ0) is 19.7. The molecule has 0 saturated heterocycles. The molecule has 0 aliphatic carbocycles. The number of halogens is 2. The summed E-state index contributed by atoms with van der Waals surface area (Å²) in [4.78, 5) is 24.1. The first-order valence-electron chi connectivity index (χ1n) is 8.93. The number of hydrogen-bond acceptors (Lipinski definition) is 4. The van der Waals surface area contributed by atoms with Crippen LogP contribution < -0.4 is 5.32 Å². The number of unbranched alkanes of at least 4 members (excludes halogenated alkanes) is 1. The summed E-state index contributed by atoms with van der Waals surface area (Å²) in [5.74, 6) is -2.72. The summed E-state index contributed by atoms with van der Waals surface area (Å²) in [6.07, 6.45) is 2.91. The van der Waals surface area contributed by atoms with Gasteiger partial charge in [0.15, 0.2) is 0 Å². The van der Waals surface area contributed by atoms with Gasteiger partial charge in [0.1, 0.15) is 16.9 Å². The Bertz CT molecular complexity index is 623. The third kappa shape index (κ3) is 6.94. The van der Waals surface area contributed by atoms with Crippen molar-refractivity contribution in [2.75, 3.05) is 11.9 Å². The van der Waals surface area contributed by atoms with Crippen molar-refractivity contribution in [1.82, 2.24) is 0 Å². The number of ether oxygens (including phenoxy) is 1. The quantitative estimate of drug-likeness (QED) is 0.342. The van der Waals surface area contributed by atoms with E-state index < -0.39 is 22.9 Å². The minimum Gasteiger partial charge on any atom is -0.465 e. The van der Waals surface area contributed by atoms with E-state index in [0.717, 1.165) is 37.1 Å². The van der Waals surface area contributed by atoms with Crippen molar-refractivity contribution >= 4 is 29.3 Å². The molecule has 0 fully saturated rings. The maximum absolute atomic E-state index is 14.2. The lowest BCUT2D eigenvalue weighted by Gasteiger charge is -2.17. The molecule has 0 saturated carbocycles. The van der Waals surface area contributed by atoms with E-state index in [-0.39, 0.29) is 22.4 Å². The van der Waals surface area contributed by atoms with E-state index in [1.165, 1.54) is 6.07 Å². The van der Waals surface area contributed by atoms with Gasteiger partial charge in [0.05, 0.1) is 12.3 Å². The highest BCUT2D eigenvalue weighted by Gasteiger charge is 2.23. The van der Waals surface area contributed by atoms with E-state index in [0.29, 0.717) is 13.0 Å². The number of amides is 1. The van der Waals surface area contributed by atoms with Crippen molar-refractivity contribution in [2.24, 2.45) is 5.92 Å². The molecule has 1 N–H and O–H groups in total. The zero-order valence-corrected chi connectivity index (χ0v) is 16.6. The number of rotatable bonds is 10. The van der Waals surface area contributed by atoms with Gasteiger partial charge in [-0.2, -0.15) is 0 Å². The SMILES string of the molecule is CCCCOC(=O)C(CCC)Sc1cc(NC(=O)C(C)C)c(F)cc1F. The molecule has 4 nitrogen and oxygen atoms in total. The van der Waals surface area contributed by atoms with E-state index in [4.69, 9.17) is 4.74 Å². The molecule has 0 heterocycles. The van der Waals surface area contributed by atoms with Crippen LogP contribution in [0.4, 0.5) is 14.5 Å². The number of nitrogens with one attached hydrogen (secondary N) is 1. The van der Waals surface area contributed by atoms with Crippen LogP contribution in [0.1, 0.15) is 53.4 Å². The summed E-state index contributed by atoms with van der Waals surface area (Å²) in [5.41, 5.74) is -0.0952. The molecule has 146 valence electrons. The Kier molecular flexibility index (Phi) is 9.62. The number of benzene rings is 1. The Morgan fingerprint density at radius 3 is 2.42 bits per heavy atom. The van der Waals surface area contributed by atoms with Crippen LogP contribution in [0.2, 0.25) is 0 Å². The highest BCUT2D eigenvalue weighted by molar-refractivity contribution is 8.00. The Morgan fingerprint density at radius 2 is 1.85 bits per heavy atom. The van der Waals surface area contributed by atoms with Gasteiger partial charge in [-0.15, -0.1) is 11.8 Å². The molecule has 1 atom stereocenters. The lowest BCUT2D eigenvalue weighted by molar-refractivity contribution is -0.143. The van der Waals surface area contributed by atoms with Crippen LogP contribution in [0.25, 0.3) is 0 Å². The average molecular weight is 387 g/mol. The van der Waals surface area contributed by atoms with Crippen molar-refractivity contribution in [1.29, 1.82) is 0 Å². The molecule has 1 rings (SSSR count). The van der Waals surface area contributed by atoms with Crippen LogP contribution in [-0.2, 0) is 14.3 Å². The number of hydrogen-bond donors (Lipinski definition) is 1. The Labute approximate surface area is 158 Å². The minimum absolute atomic E-state index is 0.0952. The first kappa shape index (κ1) is 22.4. The van der Waals surface area contributed by atoms with Gasteiger partial charge in [-0.25, -0.2) is 8.78 Å². The van der Waals surface area contributed by atoms with Crippen LogP contribution in [0.5, 0.6) is 0 Å². The first-order chi connectivity index (χ1) is 12.3. The van der Waals surface area contributed by atoms with E-state index in [2.05, 4.69) is 5.32 Å². The lowest BCUT2D eigenvalue weighted by atomic mass is 10.2. The fourth-order valence-electron chi connectivity index (χ4n) is 2.04. The largest absolute Gasteiger partial charge is 0.465 e. The van der Waals surface area contributed by atoms with Gasteiger partial charge in [0, 0.05) is 16.9 Å². The smallest absolute Gasteiger partial charge is 0.319 e. The second kappa shape index (κ2) is 11.2. The average Bonchev–Trinajstić information content (AvgIpc) is 2.58. The summed E-state index contributed by atoms with van der Waals surface area (Å²) >= 11 is 0.997. The predicted octanol–water partition coefficient (Wildman–Crippen LogP) is 5.16. The van der Waals surface area contributed by atoms with Crippen LogP contribution in [0, 0.1) is 17.6 Å². The molecule has 1 aromatic rings. The molecular formula is C19H27F2NO3S. The van der Waals surface area contributed by atoms with Crippen molar-refractivity contribution < 1.29 is 23.1 Å². The van der Waals surface area contributed by atoms with Crippen LogP contribution >= 0.6 is 11.8 Å². The van der Waals surface area contributed by atoms with E-state index in [1.54, 1.807) is 13.8 Å².